The van der Waals surface area contributed by atoms with Crippen molar-refractivity contribution in [3.8, 4) is 11.3 Å². The van der Waals surface area contributed by atoms with E-state index in [4.69, 9.17) is 21.1 Å². The molecule has 0 radical (unpaired) electrons. The highest BCUT2D eigenvalue weighted by Crippen LogP contribution is 2.28. The molecule has 0 unspecified atom stereocenters. The predicted molar refractivity (Wildman–Crippen MR) is 97.0 cm³/mol. The van der Waals surface area contributed by atoms with Crippen LogP contribution in [0.5, 0.6) is 0 Å². The normalized spacial score (nSPS) is 20.9. The summed E-state index contributed by atoms with van der Waals surface area (Å²) < 4.78 is 11.8. The van der Waals surface area contributed by atoms with Gasteiger partial charge in [0.25, 0.3) is 0 Å². The third-order valence-electron chi connectivity index (χ3n) is 4.38. The Morgan fingerprint density at radius 2 is 1.79 bits per heavy atom. The van der Waals surface area contributed by atoms with Gasteiger partial charge in [-0.15, -0.1) is 0 Å². The summed E-state index contributed by atoms with van der Waals surface area (Å²) in [6.07, 6.45) is 6.54. The van der Waals surface area contributed by atoms with Gasteiger partial charge in [0.15, 0.2) is 6.29 Å². The van der Waals surface area contributed by atoms with E-state index in [1.54, 1.807) is 0 Å². The number of hydrogen-bond acceptors (Lipinski definition) is 3. The average Bonchev–Trinajstić information content (AvgIpc) is 2.63. The third kappa shape index (κ3) is 4.56. The Morgan fingerprint density at radius 1 is 1.04 bits per heavy atom. The van der Waals surface area contributed by atoms with E-state index in [1.165, 1.54) is 25.7 Å². The molecule has 0 amide bonds. The fourth-order valence-electron chi connectivity index (χ4n) is 2.92. The Hall–Kier alpha value is -1.42. The summed E-state index contributed by atoms with van der Waals surface area (Å²) in [6, 6.07) is 11.7. The molecule has 3 nitrogen and oxygen atoms in total. The molecule has 3 rings (SSSR count). The minimum absolute atomic E-state index is 0.292. The van der Waals surface area contributed by atoms with Crippen molar-refractivity contribution >= 4 is 11.6 Å². The van der Waals surface area contributed by atoms with E-state index in [0.717, 1.165) is 35.1 Å². The van der Waals surface area contributed by atoms with Gasteiger partial charge in [-0.1, -0.05) is 56.0 Å². The second-order valence-electron chi connectivity index (χ2n) is 6.34. The molecule has 0 aliphatic carbocycles. The number of benzene rings is 1. The molecule has 2 aromatic rings. The number of aromatic nitrogens is 1. The number of unbranched alkanes of at least 4 members (excludes halogenated alkanes) is 2. The molecule has 24 heavy (non-hydrogen) atoms. The summed E-state index contributed by atoms with van der Waals surface area (Å²) in [6.45, 7) is 3.77. The van der Waals surface area contributed by atoms with Crippen molar-refractivity contribution in [3.05, 3.63) is 53.2 Å². The smallest absolute Gasteiger partial charge is 0.185 e. The minimum Gasteiger partial charge on any atom is -0.348 e. The molecule has 1 fully saturated rings. The molecule has 1 aromatic heterocycles. The summed E-state index contributed by atoms with van der Waals surface area (Å²) >= 11 is 5.92. The molecule has 1 aromatic carbocycles. The zero-order valence-electron chi connectivity index (χ0n) is 14.1. The van der Waals surface area contributed by atoms with E-state index < -0.39 is 0 Å². The van der Waals surface area contributed by atoms with Crippen LogP contribution in [0.3, 0.4) is 0 Å². The van der Waals surface area contributed by atoms with E-state index in [9.17, 15) is 0 Å². The second-order valence-corrected chi connectivity index (χ2v) is 6.78. The number of pyridine rings is 1. The summed E-state index contributed by atoms with van der Waals surface area (Å²) in [5, 5.41) is 0.730. The van der Waals surface area contributed by atoms with E-state index in [0.29, 0.717) is 5.92 Å². The van der Waals surface area contributed by atoms with Gasteiger partial charge in [0.1, 0.15) is 0 Å². The minimum atomic E-state index is -0.292. The Bertz CT molecular complexity index is 619. The Balaban J connectivity index is 1.56. The van der Waals surface area contributed by atoms with Crippen molar-refractivity contribution in [1.82, 2.24) is 4.98 Å². The summed E-state index contributed by atoms with van der Waals surface area (Å²) in [7, 11) is 0. The van der Waals surface area contributed by atoms with Crippen LogP contribution in [0.25, 0.3) is 11.3 Å². The first kappa shape index (κ1) is 17.4. The average molecular weight is 346 g/mol. The van der Waals surface area contributed by atoms with Crippen molar-refractivity contribution < 1.29 is 9.47 Å². The zero-order valence-corrected chi connectivity index (χ0v) is 14.8. The number of ether oxygens (including phenoxy) is 2. The highest BCUT2D eigenvalue weighted by Gasteiger charge is 2.23. The molecular weight excluding hydrogens is 322 g/mol. The van der Waals surface area contributed by atoms with Gasteiger partial charge >= 0.3 is 0 Å². The van der Waals surface area contributed by atoms with Gasteiger partial charge in [0.2, 0.25) is 0 Å². The largest absolute Gasteiger partial charge is 0.348 e. The van der Waals surface area contributed by atoms with E-state index in [2.05, 4.69) is 11.9 Å². The zero-order chi connectivity index (χ0) is 16.8. The highest BCUT2D eigenvalue weighted by molar-refractivity contribution is 6.30. The maximum absolute atomic E-state index is 5.92. The first-order valence-corrected chi connectivity index (χ1v) is 9.09. The number of halogens is 1. The van der Waals surface area contributed by atoms with Crippen LogP contribution in [-0.4, -0.2) is 18.2 Å². The van der Waals surface area contributed by atoms with Crippen molar-refractivity contribution in [2.45, 2.75) is 38.9 Å². The van der Waals surface area contributed by atoms with Gasteiger partial charge in [0, 0.05) is 28.3 Å². The van der Waals surface area contributed by atoms with Crippen LogP contribution in [0, 0.1) is 5.92 Å². The van der Waals surface area contributed by atoms with Gasteiger partial charge in [0.05, 0.1) is 18.9 Å². The lowest BCUT2D eigenvalue weighted by Gasteiger charge is -2.29. The van der Waals surface area contributed by atoms with Crippen LogP contribution in [0.2, 0.25) is 5.02 Å². The van der Waals surface area contributed by atoms with Crippen LogP contribution in [-0.2, 0) is 9.47 Å². The quantitative estimate of drug-likeness (QED) is 0.634. The first-order valence-electron chi connectivity index (χ1n) is 8.71. The molecular formula is C20H24ClNO2. The molecule has 1 aliphatic rings. The van der Waals surface area contributed by atoms with Gasteiger partial charge in [-0.25, -0.2) is 0 Å². The van der Waals surface area contributed by atoms with Crippen molar-refractivity contribution in [1.29, 1.82) is 0 Å². The van der Waals surface area contributed by atoms with Crippen molar-refractivity contribution in [2.75, 3.05) is 13.2 Å². The summed E-state index contributed by atoms with van der Waals surface area (Å²) in [5.74, 6) is 0.522. The van der Waals surface area contributed by atoms with E-state index in [-0.39, 0.29) is 6.29 Å². The lowest BCUT2D eigenvalue weighted by atomic mass is 10.0. The fourth-order valence-corrected chi connectivity index (χ4v) is 3.05. The maximum Gasteiger partial charge on any atom is 0.185 e. The standard InChI is InChI=1S/C20H24ClNO2/c1-2-3-4-5-15-13-23-20(24-14-15)17-8-11-19(22-12-17)16-6-9-18(21)10-7-16/h6-12,15,20H,2-5,13-14H2,1H3. The predicted octanol–water partition coefficient (Wildman–Crippen LogP) is 5.64. The third-order valence-corrected chi connectivity index (χ3v) is 4.63. The summed E-state index contributed by atoms with van der Waals surface area (Å²) in [4.78, 5) is 4.53. The molecule has 0 atom stereocenters. The molecule has 0 bridgehead atoms. The van der Waals surface area contributed by atoms with Crippen LogP contribution < -0.4 is 0 Å². The van der Waals surface area contributed by atoms with E-state index >= 15 is 0 Å². The highest BCUT2D eigenvalue weighted by atomic mass is 35.5. The Morgan fingerprint density at radius 3 is 2.42 bits per heavy atom. The van der Waals surface area contributed by atoms with Gasteiger partial charge in [-0.05, 0) is 24.6 Å². The SMILES string of the molecule is CCCCCC1COC(c2ccc(-c3ccc(Cl)cc3)nc2)OC1. The molecule has 2 heterocycles. The first-order chi connectivity index (χ1) is 11.8. The maximum atomic E-state index is 5.92. The number of nitrogens with zero attached hydrogens (tertiary/aromatic N) is 1. The number of rotatable bonds is 6. The fraction of sp³-hybridized carbons (Fsp3) is 0.450. The molecule has 128 valence electrons. The lowest BCUT2D eigenvalue weighted by Crippen LogP contribution is -2.27. The van der Waals surface area contributed by atoms with Crippen LogP contribution in [0.1, 0.15) is 44.5 Å². The number of hydrogen-bond donors (Lipinski definition) is 0. The molecule has 0 N–H and O–H groups in total. The van der Waals surface area contributed by atoms with Gasteiger partial charge in [-0.3, -0.25) is 4.98 Å². The molecule has 1 saturated heterocycles. The van der Waals surface area contributed by atoms with Crippen LogP contribution in [0.15, 0.2) is 42.6 Å². The topological polar surface area (TPSA) is 31.4 Å². The van der Waals surface area contributed by atoms with Gasteiger partial charge < -0.3 is 9.47 Å². The Labute approximate surface area is 149 Å². The van der Waals surface area contributed by atoms with Crippen LogP contribution >= 0.6 is 11.6 Å². The Kier molecular flexibility index (Phi) is 6.24. The molecule has 0 saturated carbocycles. The molecule has 0 spiro atoms. The summed E-state index contributed by atoms with van der Waals surface area (Å²) in [5.41, 5.74) is 2.94. The molecule has 4 heteroatoms. The lowest BCUT2D eigenvalue weighted by molar-refractivity contribution is -0.206. The van der Waals surface area contributed by atoms with Crippen LogP contribution in [0.4, 0.5) is 0 Å². The van der Waals surface area contributed by atoms with Crippen molar-refractivity contribution in [2.24, 2.45) is 5.92 Å². The van der Waals surface area contributed by atoms with E-state index in [1.807, 2.05) is 42.6 Å². The second kappa shape index (κ2) is 8.61. The van der Waals surface area contributed by atoms with Gasteiger partial charge in [-0.2, -0.15) is 0 Å². The molecule has 1 aliphatic heterocycles. The monoisotopic (exact) mass is 345 g/mol. The van der Waals surface area contributed by atoms with Crippen molar-refractivity contribution in [3.63, 3.8) is 0 Å².